The minimum Gasteiger partial charge on any atom is -0.0654 e. The molecule has 0 nitrogen and oxygen atoms in total. The highest BCUT2D eigenvalue weighted by molar-refractivity contribution is 4.59. The molecule has 0 N–H and O–H groups in total. The lowest BCUT2D eigenvalue weighted by molar-refractivity contribution is 0.400. The van der Waals surface area contributed by atoms with E-state index in [9.17, 15) is 0 Å². The zero-order valence-corrected chi connectivity index (χ0v) is 22.1. The molecule has 30 heavy (non-hydrogen) atoms. The first-order valence-electron chi connectivity index (χ1n) is 14.7. The first-order valence-corrected chi connectivity index (χ1v) is 14.7. The molecule has 2 atom stereocenters. The summed E-state index contributed by atoms with van der Waals surface area (Å²) in [6.45, 7) is 9.60. The third kappa shape index (κ3) is 24.3. The van der Waals surface area contributed by atoms with Crippen LogP contribution in [0.3, 0.4) is 0 Å². The minimum atomic E-state index is 0.960. The van der Waals surface area contributed by atoms with Gasteiger partial charge in [-0.2, -0.15) is 0 Å². The molecule has 0 aromatic carbocycles. The Morgan fingerprint density at radius 1 is 0.300 bits per heavy atom. The zero-order chi connectivity index (χ0) is 22.1. The van der Waals surface area contributed by atoms with Crippen molar-refractivity contribution in [2.24, 2.45) is 11.8 Å². The molecule has 0 aliphatic rings. The van der Waals surface area contributed by atoms with Crippen LogP contribution < -0.4 is 0 Å². The van der Waals surface area contributed by atoms with Crippen LogP contribution in [0.5, 0.6) is 0 Å². The lowest BCUT2D eigenvalue weighted by Gasteiger charge is -2.13. The van der Waals surface area contributed by atoms with Crippen LogP contribution >= 0.6 is 0 Å². The molecular formula is C30H62. The Kier molecular flexibility index (Phi) is 25.3. The van der Waals surface area contributed by atoms with Crippen LogP contribution in [0.15, 0.2) is 0 Å². The van der Waals surface area contributed by atoms with Crippen molar-refractivity contribution < 1.29 is 0 Å². The van der Waals surface area contributed by atoms with E-state index in [0.29, 0.717) is 0 Å². The van der Waals surface area contributed by atoms with Crippen molar-refractivity contribution in [1.29, 1.82) is 0 Å². The summed E-state index contributed by atoms with van der Waals surface area (Å²) in [5.74, 6) is 1.92. The van der Waals surface area contributed by atoms with Crippen molar-refractivity contribution in [1.82, 2.24) is 0 Å². The quantitative estimate of drug-likeness (QED) is 0.128. The lowest BCUT2D eigenvalue weighted by atomic mass is 9.93. The monoisotopic (exact) mass is 422 g/mol. The van der Waals surface area contributed by atoms with Crippen LogP contribution in [0, 0.1) is 11.8 Å². The Morgan fingerprint density at radius 3 is 0.767 bits per heavy atom. The molecular weight excluding hydrogens is 360 g/mol. The second-order valence-corrected chi connectivity index (χ2v) is 10.7. The first-order chi connectivity index (χ1) is 14.7. The Bertz CT molecular complexity index is 294. The fourth-order valence-electron chi connectivity index (χ4n) is 4.88. The Balaban J connectivity index is 3.25. The van der Waals surface area contributed by atoms with E-state index < -0.39 is 0 Å². The average molecular weight is 423 g/mol. The van der Waals surface area contributed by atoms with Gasteiger partial charge in [0, 0.05) is 0 Å². The van der Waals surface area contributed by atoms with E-state index in [-0.39, 0.29) is 0 Å². The predicted octanol–water partition coefficient (Wildman–Crippen LogP) is 11.7. The zero-order valence-electron chi connectivity index (χ0n) is 22.1. The van der Waals surface area contributed by atoms with Gasteiger partial charge in [-0.3, -0.25) is 0 Å². The number of hydrogen-bond donors (Lipinski definition) is 0. The molecule has 2 unspecified atom stereocenters. The van der Waals surface area contributed by atoms with E-state index in [2.05, 4.69) is 27.7 Å². The van der Waals surface area contributed by atoms with E-state index in [0.717, 1.165) is 11.8 Å². The summed E-state index contributed by atoms with van der Waals surface area (Å²) in [6.07, 6.45) is 35.1. The topological polar surface area (TPSA) is 0 Å². The van der Waals surface area contributed by atoms with E-state index in [1.807, 2.05) is 0 Å². The first kappa shape index (κ1) is 30.0. The van der Waals surface area contributed by atoms with Crippen molar-refractivity contribution >= 4 is 0 Å². The highest BCUT2D eigenvalue weighted by Gasteiger charge is 2.05. The number of unbranched alkanes of at least 4 members (excludes halogenated alkanes) is 17. The van der Waals surface area contributed by atoms with E-state index in [1.54, 1.807) is 0 Å². The summed E-state index contributed by atoms with van der Waals surface area (Å²) < 4.78 is 0. The maximum absolute atomic E-state index is 2.50. The van der Waals surface area contributed by atoms with Crippen LogP contribution in [-0.2, 0) is 0 Å². The maximum atomic E-state index is 2.50. The van der Waals surface area contributed by atoms with Crippen molar-refractivity contribution in [3.63, 3.8) is 0 Å². The molecule has 0 spiro atoms. The Morgan fingerprint density at radius 2 is 0.500 bits per heavy atom. The van der Waals surface area contributed by atoms with Gasteiger partial charge in [0.1, 0.15) is 0 Å². The highest BCUT2D eigenvalue weighted by atomic mass is 14.1. The van der Waals surface area contributed by atoms with Crippen LogP contribution in [0.2, 0.25) is 0 Å². The second-order valence-electron chi connectivity index (χ2n) is 10.7. The molecule has 182 valence electrons. The molecule has 0 bridgehead atoms. The van der Waals surface area contributed by atoms with Gasteiger partial charge in [0.2, 0.25) is 0 Å². The summed E-state index contributed by atoms with van der Waals surface area (Å²) in [5.41, 5.74) is 0. The van der Waals surface area contributed by atoms with Gasteiger partial charge < -0.3 is 0 Å². The molecule has 0 aromatic heterocycles. The van der Waals surface area contributed by atoms with Crippen molar-refractivity contribution in [2.45, 2.75) is 182 Å². The minimum absolute atomic E-state index is 0.960. The van der Waals surface area contributed by atoms with Crippen molar-refractivity contribution in [3.05, 3.63) is 0 Å². The number of rotatable bonds is 25. The van der Waals surface area contributed by atoms with Gasteiger partial charge in [0.25, 0.3) is 0 Å². The highest BCUT2D eigenvalue weighted by Crippen LogP contribution is 2.21. The van der Waals surface area contributed by atoms with Crippen LogP contribution in [0.4, 0.5) is 0 Å². The van der Waals surface area contributed by atoms with Crippen LogP contribution in [-0.4, -0.2) is 0 Å². The molecule has 0 aromatic rings. The van der Waals surface area contributed by atoms with Crippen molar-refractivity contribution in [2.75, 3.05) is 0 Å². The average Bonchev–Trinajstić information content (AvgIpc) is 2.74. The van der Waals surface area contributed by atoms with Gasteiger partial charge in [-0.05, 0) is 11.8 Å². The summed E-state index contributed by atoms with van der Waals surface area (Å²) in [5, 5.41) is 0. The van der Waals surface area contributed by atoms with Crippen LogP contribution in [0.1, 0.15) is 182 Å². The molecule has 0 aliphatic heterocycles. The molecule has 0 radical (unpaired) electrons. The third-order valence-electron chi connectivity index (χ3n) is 7.24. The summed E-state index contributed by atoms with van der Waals surface area (Å²) in [4.78, 5) is 0. The van der Waals surface area contributed by atoms with Gasteiger partial charge in [-0.25, -0.2) is 0 Å². The number of hydrogen-bond acceptors (Lipinski definition) is 0. The van der Waals surface area contributed by atoms with Crippen molar-refractivity contribution in [3.8, 4) is 0 Å². The van der Waals surface area contributed by atoms with Crippen LogP contribution in [0.25, 0.3) is 0 Å². The molecule has 0 heteroatoms. The molecule has 0 amide bonds. The summed E-state index contributed by atoms with van der Waals surface area (Å²) in [6, 6.07) is 0. The van der Waals surface area contributed by atoms with Gasteiger partial charge in [0.15, 0.2) is 0 Å². The summed E-state index contributed by atoms with van der Waals surface area (Å²) in [7, 11) is 0. The molecule has 0 saturated carbocycles. The Hall–Kier alpha value is 0. The summed E-state index contributed by atoms with van der Waals surface area (Å²) >= 11 is 0. The molecule has 0 heterocycles. The fourth-order valence-corrected chi connectivity index (χ4v) is 4.88. The third-order valence-corrected chi connectivity index (χ3v) is 7.24. The Labute approximate surface area is 193 Å². The SMILES string of the molecule is CCCCCCCCCCCCCCC(C)CCCCC(C)CCCCCCCC. The van der Waals surface area contributed by atoms with Gasteiger partial charge in [0.05, 0.1) is 0 Å². The molecule has 0 fully saturated rings. The van der Waals surface area contributed by atoms with Gasteiger partial charge >= 0.3 is 0 Å². The maximum Gasteiger partial charge on any atom is -0.0443 e. The predicted molar refractivity (Wildman–Crippen MR) is 140 cm³/mol. The molecule has 0 rings (SSSR count). The largest absolute Gasteiger partial charge is 0.0654 e. The lowest BCUT2D eigenvalue weighted by Crippen LogP contribution is -1.98. The molecule has 0 saturated heterocycles. The van der Waals surface area contributed by atoms with Gasteiger partial charge in [-0.15, -0.1) is 0 Å². The standard InChI is InChI=1S/C30H62/c1-5-7-9-11-13-14-15-16-17-18-20-22-26-30(4)28-24-23-27-29(3)25-21-19-12-10-8-6-2/h29-30H,5-28H2,1-4H3. The fraction of sp³-hybridized carbons (Fsp3) is 1.00. The van der Waals surface area contributed by atoms with Gasteiger partial charge in [-0.1, -0.05) is 182 Å². The van der Waals surface area contributed by atoms with E-state index in [4.69, 9.17) is 0 Å². The smallest absolute Gasteiger partial charge is 0.0443 e. The second kappa shape index (κ2) is 25.3. The van der Waals surface area contributed by atoms with E-state index in [1.165, 1.54) is 154 Å². The molecule has 0 aliphatic carbocycles. The normalized spacial score (nSPS) is 13.6. The van der Waals surface area contributed by atoms with E-state index >= 15 is 0 Å².